The predicted molar refractivity (Wildman–Crippen MR) is 96.1 cm³/mol. The summed E-state index contributed by atoms with van der Waals surface area (Å²) in [6, 6.07) is 7.52. The highest BCUT2D eigenvalue weighted by Gasteiger charge is 2.45. The molecule has 1 aromatic carbocycles. The molecule has 0 aromatic heterocycles. The van der Waals surface area contributed by atoms with E-state index in [2.05, 4.69) is 0 Å². The fourth-order valence-corrected chi connectivity index (χ4v) is 4.46. The van der Waals surface area contributed by atoms with Crippen molar-refractivity contribution in [2.24, 2.45) is 5.41 Å². The number of hydrogen-bond donors (Lipinski definition) is 0. The second-order valence-corrected chi connectivity index (χ2v) is 7.82. The lowest BCUT2D eigenvalue weighted by atomic mass is 9.85. The van der Waals surface area contributed by atoms with E-state index >= 15 is 0 Å². The summed E-state index contributed by atoms with van der Waals surface area (Å²) in [5, 5.41) is 0. The van der Waals surface area contributed by atoms with Crippen molar-refractivity contribution in [2.75, 3.05) is 33.3 Å². The van der Waals surface area contributed by atoms with Crippen molar-refractivity contribution in [3.8, 4) is 11.5 Å². The zero-order chi connectivity index (χ0) is 18.1. The standard InChI is InChI=1S/C20H26N2O4/c1-25-16-6-2-3-7-17(16)26-15-11-21(12-15)19(24)13-22-14-20(10-18(22)23)8-4-5-9-20/h2-3,6-7,15H,4-5,8-14H2,1H3. The molecule has 1 aromatic rings. The molecule has 4 rings (SSSR count). The maximum absolute atomic E-state index is 12.5. The Balaban J connectivity index is 1.27. The maximum atomic E-state index is 12.5. The summed E-state index contributed by atoms with van der Waals surface area (Å²) >= 11 is 0. The van der Waals surface area contributed by atoms with E-state index in [-0.39, 0.29) is 29.9 Å². The first kappa shape index (κ1) is 17.2. The summed E-state index contributed by atoms with van der Waals surface area (Å²) in [6.07, 6.45) is 5.28. The number of methoxy groups -OCH3 is 1. The number of carbonyl (C=O) groups is 2. The molecule has 0 atom stereocenters. The van der Waals surface area contributed by atoms with Crippen LogP contribution in [-0.4, -0.2) is 61.0 Å². The molecule has 140 valence electrons. The minimum absolute atomic E-state index is 0.0215. The highest BCUT2D eigenvalue weighted by Crippen LogP contribution is 2.45. The summed E-state index contributed by atoms with van der Waals surface area (Å²) in [6.45, 7) is 2.09. The number of amides is 2. The SMILES string of the molecule is COc1ccccc1OC1CN(C(=O)CN2CC3(CCCC3)CC2=O)C1. The molecule has 2 amide bonds. The van der Waals surface area contributed by atoms with Gasteiger partial charge in [0.1, 0.15) is 6.10 Å². The first-order chi connectivity index (χ1) is 12.6. The second kappa shape index (κ2) is 6.82. The average Bonchev–Trinajstić information content (AvgIpc) is 3.17. The number of ether oxygens (including phenoxy) is 2. The minimum Gasteiger partial charge on any atom is -0.493 e. The van der Waals surface area contributed by atoms with Crippen molar-refractivity contribution in [3.63, 3.8) is 0 Å². The van der Waals surface area contributed by atoms with Gasteiger partial charge in [0.05, 0.1) is 26.7 Å². The molecule has 2 aliphatic heterocycles. The van der Waals surface area contributed by atoms with E-state index in [9.17, 15) is 9.59 Å². The molecule has 0 unspecified atom stereocenters. The Hall–Kier alpha value is -2.24. The summed E-state index contributed by atoms with van der Waals surface area (Å²) in [5.74, 6) is 1.56. The smallest absolute Gasteiger partial charge is 0.242 e. The van der Waals surface area contributed by atoms with Crippen LogP contribution in [0.3, 0.4) is 0 Å². The highest BCUT2D eigenvalue weighted by molar-refractivity contribution is 5.87. The fraction of sp³-hybridized carbons (Fsp3) is 0.600. The summed E-state index contributed by atoms with van der Waals surface area (Å²) in [4.78, 5) is 28.3. The third-order valence-corrected chi connectivity index (χ3v) is 5.96. The lowest BCUT2D eigenvalue weighted by molar-refractivity contribution is -0.144. The van der Waals surface area contributed by atoms with Crippen LogP contribution in [0, 0.1) is 5.41 Å². The van der Waals surface area contributed by atoms with Gasteiger partial charge in [-0.2, -0.15) is 0 Å². The van der Waals surface area contributed by atoms with Crippen LogP contribution in [0.25, 0.3) is 0 Å². The Morgan fingerprint density at radius 3 is 2.58 bits per heavy atom. The van der Waals surface area contributed by atoms with Crippen molar-refractivity contribution in [3.05, 3.63) is 24.3 Å². The van der Waals surface area contributed by atoms with Crippen LogP contribution < -0.4 is 9.47 Å². The van der Waals surface area contributed by atoms with Gasteiger partial charge in [-0.3, -0.25) is 9.59 Å². The maximum Gasteiger partial charge on any atom is 0.242 e. The summed E-state index contributed by atoms with van der Waals surface area (Å²) < 4.78 is 11.2. The van der Waals surface area contributed by atoms with Gasteiger partial charge < -0.3 is 19.3 Å². The molecule has 1 aliphatic carbocycles. The average molecular weight is 358 g/mol. The van der Waals surface area contributed by atoms with E-state index in [1.165, 1.54) is 12.8 Å². The van der Waals surface area contributed by atoms with Crippen LogP contribution in [0.1, 0.15) is 32.1 Å². The largest absolute Gasteiger partial charge is 0.493 e. The van der Waals surface area contributed by atoms with Gasteiger partial charge in [0, 0.05) is 13.0 Å². The Bertz CT molecular complexity index is 693. The highest BCUT2D eigenvalue weighted by atomic mass is 16.5. The molecule has 0 N–H and O–H groups in total. The van der Waals surface area contributed by atoms with Gasteiger partial charge >= 0.3 is 0 Å². The van der Waals surface area contributed by atoms with E-state index in [0.717, 1.165) is 19.4 Å². The zero-order valence-electron chi connectivity index (χ0n) is 15.3. The molecule has 2 saturated heterocycles. The number of likely N-dealkylation sites (tertiary alicyclic amines) is 2. The monoisotopic (exact) mass is 358 g/mol. The normalized spacial score (nSPS) is 22.0. The van der Waals surface area contributed by atoms with Gasteiger partial charge in [-0.1, -0.05) is 25.0 Å². The molecule has 1 spiro atoms. The van der Waals surface area contributed by atoms with Gasteiger partial charge in [0.2, 0.25) is 11.8 Å². The van der Waals surface area contributed by atoms with E-state index < -0.39 is 0 Å². The van der Waals surface area contributed by atoms with Crippen LogP contribution in [-0.2, 0) is 9.59 Å². The van der Waals surface area contributed by atoms with Crippen LogP contribution >= 0.6 is 0 Å². The van der Waals surface area contributed by atoms with Gasteiger partial charge in [0.25, 0.3) is 0 Å². The topological polar surface area (TPSA) is 59.1 Å². The van der Waals surface area contributed by atoms with Crippen LogP contribution in [0.15, 0.2) is 24.3 Å². The third kappa shape index (κ3) is 3.24. The van der Waals surface area contributed by atoms with Crippen molar-refractivity contribution >= 4 is 11.8 Å². The van der Waals surface area contributed by atoms with E-state index in [0.29, 0.717) is 31.0 Å². The number of carbonyl (C=O) groups excluding carboxylic acids is 2. The number of para-hydroxylation sites is 2. The van der Waals surface area contributed by atoms with Crippen molar-refractivity contribution < 1.29 is 19.1 Å². The van der Waals surface area contributed by atoms with Crippen molar-refractivity contribution in [1.29, 1.82) is 0 Å². The molecule has 6 heteroatoms. The molecule has 3 fully saturated rings. The molecule has 1 saturated carbocycles. The van der Waals surface area contributed by atoms with E-state index in [1.54, 1.807) is 16.9 Å². The van der Waals surface area contributed by atoms with Gasteiger partial charge in [-0.25, -0.2) is 0 Å². The molecular weight excluding hydrogens is 332 g/mol. The number of hydrogen-bond acceptors (Lipinski definition) is 4. The van der Waals surface area contributed by atoms with Crippen molar-refractivity contribution in [1.82, 2.24) is 9.80 Å². The lowest BCUT2D eigenvalue weighted by Crippen LogP contribution is -2.58. The molecule has 0 radical (unpaired) electrons. The Morgan fingerprint density at radius 1 is 1.19 bits per heavy atom. The Morgan fingerprint density at radius 2 is 1.88 bits per heavy atom. The van der Waals surface area contributed by atoms with Gasteiger partial charge in [-0.15, -0.1) is 0 Å². The van der Waals surface area contributed by atoms with Crippen molar-refractivity contribution in [2.45, 2.75) is 38.2 Å². The second-order valence-electron chi connectivity index (χ2n) is 7.82. The first-order valence-electron chi connectivity index (χ1n) is 9.44. The summed E-state index contributed by atoms with van der Waals surface area (Å²) in [5.41, 5.74) is 0.155. The quantitative estimate of drug-likeness (QED) is 0.809. The molecule has 3 aliphatic rings. The van der Waals surface area contributed by atoms with Gasteiger partial charge in [0.15, 0.2) is 11.5 Å². The number of rotatable bonds is 5. The fourth-order valence-electron chi connectivity index (χ4n) is 4.46. The minimum atomic E-state index is -0.0225. The Kier molecular flexibility index (Phi) is 4.51. The molecule has 2 heterocycles. The molecule has 26 heavy (non-hydrogen) atoms. The summed E-state index contributed by atoms with van der Waals surface area (Å²) in [7, 11) is 1.61. The molecule has 6 nitrogen and oxygen atoms in total. The van der Waals surface area contributed by atoms with Gasteiger partial charge in [-0.05, 0) is 30.4 Å². The number of nitrogens with zero attached hydrogens (tertiary/aromatic N) is 2. The predicted octanol–water partition coefficient (Wildman–Crippen LogP) is 2.08. The van der Waals surface area contributed by atoms with Crippen LogP contribution in [0.5, 0.6) is 11.5 Å². The van der Waals surface area contributed by atoms with Crippen LogP contribution in [0.4, 0.5) is 0 Å². The zero-order valence-corrected chi connectivity index (χ0v) is 15.3. The third-order valence-electron chi connectivity index (χ3n) is 5.96. The Labute approximate surface area is 154 Å². The molecular formula is C20H26N2O4. The number of benzene rings is 1. The first-order valence-corrected chi connectivity index (χ1v) is 9.44. The van der Waals surface area contributed by atoms with E-state index in [4.69, 9.17) is 9.47 Å². The van der Waals surface area contributed by atoms with Crippen LogP contribution in [0.2, 0.25) is 0 Å². The van der Waals surface area contributed by atoms with E-state index in [1.807, 2.05) is 24.3 Å². The lowest BCUT2D eigenvalue weighted by Gasteiger charge is -2.39. The molecule has 0 bridgehead atoms.